The summed E-state index contributed by atoms with van der Waals surface area (Å²) in [6, 6.07) is 7.78. The Hall–Kier alpha value is -2.99. The van der Waals surface area contributed by atoms with Crippen LogP contribution < -0.4 is 14.8 Å². The molecule has 27 heavy (non-hydrogen) atoms. The Morgan fingerprint density at radius 3 is 2.44 bits per heavy atom. The second kappa shape index (κ2) is 6.63. The van der Waals surface area contributed by atoms with Crippen molar-refractivity contribution in [3.63, 3.8) is 0 Å². The first kappa shape index (κ1) is 17.4. The highest BCUT2D eigenvalue weighted by Crippen LogP contribution is 2.36. The van der Waals surface area contributed by atoms with E-state index >= 15 is 0 Å². The van der Waals surface area contributed by atoms with Crippen LogP contribution in [-0.4, -0.2) is 28.6 Å². The molecule has 7 heteroatoms. The summed E-state index contributed by atoms with van der Waals surface area (Å²) in [5.74, 6) is 1.93. The number of halogens is 1. The van der Waals surface area contributed by atoms with Gasteiger partial charge in [0.1, 0.15) is 5.52 Å². The number of nitrogens with zero attached hydrogens (tertiary/aromatic N) is 3. The zero-order valence-corrected chi connectivity index (χ0v) is 16.3. The molecule has 4 rings (SSSR count). The van der Waals surface area contributed by atoms with E-state index in [1.54, 1.807) is 26.7 Å². The Morgan fingerprint density at radius 2 is 1.70 bits per heavy atom. The number of benzene rings is 2. The third-order valence-corrected chi connectivity index (χ3v) is 5.13. The number of aryl methyl sites for hydroxylation is 2. The molecule has 0 unspecified atom stereocenters. The number of hydrogen-bond acceptors (Lipinski definition) is 5. The summed E-state index contributed by atoms with van der Waals surface area (Å²) in [7, 11) is 3.22. The van der Waals surface area contributed by atoms with Gasteiger partial charge in [0.25, 0.3) is 0 Å². The van der Waals surface area contributed by atoms with Gasteiger partial charge in [0, 0.05) is 12.1 Å². The first-order chi connectivity index (χ1) is 13.0. The lowest BCUT2D eigenvalue weighted by Crippen LogP contribution is -2.02. The van der Waals surface area contributed by atoms with E-state index in [-0.39, 0.29) is 0 Å². The number of ether oxygens (including phenoxy) is 2. The number of nitrogens with one attached hydrogen (secondary N) is 1. The van der Waals surface area contributed by atoms with Gasteiger partial charge in [-0.15, -0.1) is 0 Å². The molecule has 0 atom stereocenters. The molecular weight excluding hydrogens is 364 g/mol. The van der Waals surface area contributed by atoms with Gasteiger partial charge in [-0.05, 0) is 25.0 Å². The lowest BCUT2D eigenvalue weighted by molar-refractivity contribution is 0.355. The molecule has 0 aliphatic rings. The van der Waals surface area contributed by atoms with Gasteiger partial charge in [-0.25, -0.2) is 9.97 Å². The largest absolute Gasteiger partial charge is 0.493 e. The highest BCUT2D eigenvalue weighted by Gasteiger charge is 2.15. The molecule has 2 aromatic heterocycles. The maximum Gasteiger partial charge on any atom is 0.163 e. The van der Waals surface area contributed by atoms with Crippen LogP contribution in [0.1, 0.15) is 11.1 Å². The second-order valence-electron chi connectivity index (χ2n) is 6.32. The van der Waals surface area contributed by atoms with Crippen LogP contribution in [0.5, 0.6) is 11.5 Å². The molecular formula is C20H19ClN4O2. The van der Waals surface area contributed by atoms with Gasteiger partial charge in [-0.2, -0.15) is 0 Å². The van der Waals surface area contributed by atoms with E-state index < -0.39 is 0 Å². The van der Waals surface area contributed by atoms with E-state index in [1.807, 2.05) is 42.5 Å². The minimum Gasteiger partial charge on any atom is -0.493 e. The second-order valence-corrected chi connectivity index (χ2v) is 6.70. The average molecular weight is 383 g/mol. The van der Waals surface area contributed by atoms with Crippen LogP contribution in [0, 0.1) is 13.8 Å². The normalized spacial score (nSPS) is 11.1. The summed E-state index contributed by atoms with van der Waals surface area (Å²) < 4.78 is 12.8. The first-order valence-corrected chi connectivity index (χ1v) is 8.81. The molecule has 4 aromatic rings. The number of aromatic nitrogens is 3. The maximum absolute atomic E-state index is 6.53. The minimum absolute atomic E-state index is 0.618. The van der Waals surface area contributed by atoms with E-state index in [0.717, 1.165) is 33.4 Å². The molecule has 1 N–H and O–H groups in total. The summed E-state index contributed by atoms with van der Waals surface area (Å²) in [5.41, 5.74) is 5.34. The van der Waals surface area contributed by atoms with Crippen molar-refractivity contribution in [2.45, 2.75) is 13.8 Å². The van der Waals surface area contributed by atoms with E-state index in [4.69, 9.17) is 26.1 Å². The molecule has 0 spiro atoms. The quantitative estimate of drug-likeness (QED) is 0.543. The van der Waals surface area contributed by atoms with Gasteiger partial charge in [-0.1, -0.05) is 23.7 Å². The number of hydrogen-bond donors (Lipinski definition) is 1. The van der Waals surface area contributed by atoms with Crippen molar-refractivity contribution in [3.8, 4) is 11.5 Å². The van der Waals surface area contributed by atoms with Crippen molar-refractivity contribution in [1.29, 1.82) is 0 Å². The monoisotopic (exact) mass is 382 g/mol. The molecule has 2 aromatic carbocycles. The third kappa shape index (κ3) is 2.82. The van der Waals surface area contributed by atoms with Crippen LogP contribution in [0.2, 0.25) is 5.02 Å². The van der Waals surface area contributed by atoms with E-state index in [9.17, 15) is 0 Å². The SMILES string of the molecule is COc1cc2nc(Nc3c(C)ccc(C)c3Cl)c3cncn3c2cc1OC. The van der Waals surface area contributed by atoms with Crippen molar-refractivity contribution < 1.29 is 9.47 Å². The third-order valence-electron chi connectivity index (χ3n) is 4.64. The number of anilines is 2. The summed E-state index contributed by atoms with van der Waals surface area (Å²) in [4.78, 5) is 9.09. The minimum atomic E-state index is 0.618. The van der Waals surface area contributed by atoms with Crippen molar-refractivity contribution in [2.75, 3.05) is 19.5 Å². The topological polar surface area (TPSA) is 60.7 Å². The van der Waals surface area contributed by atoms with Crippen LogP contribution in [0.4, 0.5) is 11.5 Å². The maximum atomic E-state index is 6.53. The Kier molecular flexibility index (Phi) is 4.28. The van der Waals surface area contributed by atoms with Crippen LogP contribution in [0.25, 0.3) is 16.6 Å². The molecule has 0 saturated carbocycles. The lowest BCUT2D eigenvalue weighted by Gasteiger charge is -2.15. The Labute approximate surface area is 161 Å². The fourth-order valence-electron chi connectivity index (χ4n) is 3.12. The van der Waals surface area contributed by atoms with Gasteiger partial charge in [0.2, 0.25) is 0 Å². The standard InChI is InChI=1S/C20H19ClN4O2/c1-11-5-6-12(2)19(18(11)21)24-20-15-9-22-10-25(15)14-8-17(27-4)16(26-3)7-13(14)23-20/h5-10H,1-4H3,(H,23,24). The zero-order valence-electron chi connectivity index (χ0n) is 15.5. The summed E-state index contributed by atoms with van der Waals surface area (Å²) in [6.07, 6.45) is 3.52. The Balaban J connectivity index is 1.96. The molecule has 138 valence electrons. The van der Waals surface area contributed by atoms with E-state index in [1.165, 1.54) is 0 Å². The number of imidazole rings is 1. The molecule has 0 fully saturated rings. The average Bonchev–Trinajstić information content (AvgIpc) is 3.17. The fourth-order valence-corrected chi connectivity index (χ4v) is 3.38. The summed E-state index contributed by atoms with van der Waals surface area (Å²) >= 11 is 6.53. The number of rotatable bonds is 4. The van der Waals surface area contributed by atoms with E-state index in [0.29, 0.717) is 22.3 Å². The molecule has 0 aliphatic heterocycles. The molecule has 0 bridgehead atoms. The molecule has 0 saturated heterocycles. The molecule has 0 radical (unpaired) electrons. The Bertz CT molecular complexity index is 1170. The first-order valence-electron chi connectivity index (χ1n) is 8.44. The van der Waals surface area contributed by atoms with E-state index in [2.05, 4.69) is 10.3 Å². The highest BCUT2D eigenvalue weighted by molar-refractivity contribution is 6.34. The molecule has 6 nitrogen and oxygen atoms in total. The van der Waals surface area contributed by atoms with Crippen LogP contribution >= 0.6 is 11.6 Å². The van der Waals surface area contributed by atoms with Gasteiger partial charge >= 0.3 is 0 Å². The number of fused-ring (bicyclic) bond motifs is 3. The smallest absolute Gasteiger partial charge is 0.163 e. The van der Waals surface area contributed by atoms with Gasteiger partial charge < -0.3 is 14.8 Å². The van der Waals surface area contributed by atoms with Crippen molar-refractivity contribution >= 4 is 39.7 Å². The predicted molar refractivity (Wildman–Crippen MR) is 108 cm³/mol. The van der Waals surface area contributed by atoms with Gasteiger partial charge in [0.05, 0.1) is 48.5 Å². The fraction of sp³-hybridized carbons (Fsp3) is 0.200. The summed E-state index contributed by atoms with van der Waals surface area (Å²) in [6.45, 7) is 3.99. The van der Waals surface area contributed by atoms with Crippen LogP contribution in [0.15, 0.2) is 36.8 Å². The predicted octanol–water partition coefficient (Wildman–Crippen LogP) is 4.91. The summed E-state index contributed by atoms with van der Waals surface area (Å²) in [5, 5.41) is 4.07. The van der Waals surface area contributed by atoms with Crippen molar-refractivity contribution in [3.05, 3.63) is 52.9 Å². The van der Waals surface area contributed by atoms with Crippen molar-refractivity contribution in [1.82, 2.24) is 14.4 Å². The highest BCUT2D eigenvalue weighted by atomic mass is 35.5. The van der Waals surface area contributed by atoms with Crippen LogP contribution in [0.3, 0.4) is 0 Å². The number of methoxy groups -OCH3 is 2. The zero-order chi connectivity index (χ0) is 19.1. The lowest BCUT2D eigenvalue weighted by atomic mass is 10.1. The van der Waals surface area contributed by atoms with Crippen LogP contribution in [-0.2, 0) is 0 Å². The van der Waals surface area contributed by atoms with Crippen molar-refractivity contribution in [2.24, 2.45) is 0 Å². The molecule has 0 amide bonds. The molecule has 2 heterocycles. The van der Waals surface area contributed by atoms with Gasteiger partial charge in [-0.3, -0.25) is 4.40 Å². The van der Waals surface area contributed by atoms with Gasteiger partial charge in [0.15, 0.2) is 17.3 Å². The Morgan fingerprint density at radius 1 is 1.00 bits per heavy atom. The molecule has 0 aliphatic carbocycles.